The average molecular weight is 261 g/mol. The monoisotopic (exact) mass is 261 g/mol. The van der Waals surface area contributed by atoms with E-state index in [1.807, 2.05) is 18.4 Å². The first-order valence-corrected chi connectivity index (χ1v) is 6.74. The van der Waals surface area contributed by atoms with Gasteiger partial charge in [0.2, 0.25) is 11.8 Å². The molecule has 0 aliphatic heterocycles. The van der Waals surface area contributed by atoms with Crippen molar-refractivity contribution in [3.63, 3.8) is 0 Å². The third-order valence-electron chi connectivity index (χ3n) is 2.35. The molecule has 0 spiro atoms. The summed E-state index contributed by atoms with van der Waals surface area (Å²) >= 11 is 1.56. The molecule has 2 aromatic rings. The van der Waals surface area contributed by atoms with Gasteiger partial charge in [-0.05, 0) is 24.8 Å². The molecule has 18 heavy (non-hydrogen) atoms. The third-order valence-corrected chi connectivity index (χ3v) is 3.15. The van der Waals surface area contributed by atoms with Crippen LogP contribution in [0.5, 0.6) is 5.88 Å². The molecule has 2 rings (SSSR count). The van der Waals surface area contributed by atoms with E-state index in [1.165, 1.54) is 0 Å². The predicted octanol–water partition coefficient (Wildman–Crippen LogP) is 2.91. The highest BCUT2D eigenvalue weighted by Gasteiger charge is 2.11. The van der Waals surface area contributed by atoms with Crippen LogP contribution in [-0.2, 0) is 0 Å². The van der Waals surface area contributed by atoms with Crippen LogP contribution in [0.1, 0.15) is 20.3 Å². The second kappa shape index (κ2) is 5.69. The van der Waals surface area contributed by atoms with E-state index in [1.54, 1.807) is 11.3 Å². The first-order chi connectivity index (χ1) is 8.74. The highest BCUT2D eigenvalue weighted by Crippen LogP contribution is 2.28. The molecule has 0 saturated carbocycles. The summed E-state index contributed by atoms with van der Waals surface area (Å²) in [5, 5.41) is 6.04. The minimum Gasteiger partial charge on any atom is -0.461 e. The Hall–Kier alpha value is -1.80. The molecule has 1 atom stereocenters. The van der Waals surface area contributed by atoms with Crippen molar-refractivity contribution in [2.24, 2.45) is 0 Å². The van der Waals surface area contributed by atoms with Gasteiger partial charge in [0.25, 0.3) is 0 Å². The molecule has 1 N–H and O–H groups in total. The molecule has 0 amide bonds. The van der Waals surface area contributed by atoms with Crippen LogP contribution in [-0.4, -0.2) is 22.6 Å². The zero-order valence-electron chi connectivity index (χ0n) is 10.4. The molecule has 0 aliphatic carbocycles. The van der Waals surface area contributed by atoms with Crippen molar-refractivity contribution in [1.29, 1.82) is 0 Å². The Morgan fingerprint density at radius 2 is 2.39 bits per heavy atom. The van der Waals surface area contributed by atoms with Crippen molar-refractivity contribution >= 4 is 27.5 Å². The van der Waals surface area contributed by atoms with Crippen LogP contribution in [0.3, 0.4) is 0 Å². The van der Waals surface area contributed by atoms with Gasteiger partial charge in [-0.25, -0.2) is 4.98 Å². The molecule has 0 aliphatic rings. The van der Waals surface area contributed by atoms with Crippen LogP contribution in [0.25, 0.3) is 10.2 Å². The van der Waals surface area contributed by atoms with E-state index in [-0.39, 0.29) is 6.10 Å². The molecule has 0 saturated heterocycles. The van der Waals surface area contributed by atoms with E-state index in [4.69, 9.17) is 11.2 Å². The summed E-state index contributed by atoms with van der Waals surface area (Å²) in [5.74, 6) is 3.67. The highest BCUT2D eigenvalue weighted by molar-refractivity contribution is 7.16. The Labute approximate surface area is 110 Å². The van der Waals surface area contributed by atoms with Gasteiger partial charge in [0.05, 0.1) is 5.39 Å². The second-order valence-electron chi connectivity index (χ2n) is 3.85. The molecule has 4 nitrogen and oxygen atoms in total. The van der Waals surface area contributed by atoms with Crippen molar-refractivity contribution in [1.82, 2.24) is 9.97 Å². The maximum absolute atomic E-state index is 5.64. The summed E-state index contributed by atoms with van der Waals surface area (Å²) < 4.78 is 5.64. The number of rotatable bonds is 5. The van der Waals surface area contributed by atoms with Crippen molar-refractivity contribution in [3.8, 4) is 18.2 Å². The summed E-state index contributed by atoms with van der Waals surface area (Å²) in [6.07, 6.45) is 6.04. The summed E-state index contributed by atoms with van der Waals surface area (Å²) in [4.78, 5) is 9.70. The van der Waals surface area contributed by atoms with Crippen LogP contribution < -0.4 is 10.1 Å². The van der Waals surface area contributed by atoms with E-state index < -0.39 is 0 Å². The topological polar surface area (TPSA) is 47.0 Å². The van der Waals surface area contributed by atoms with E-state index in [2.05, 4.69) is 28.1 Å². The Bertz CT molecular complexity index is 573. The van der Waals surface area contributed by atoms with Crippen LogP contribution in [0.2, 0.25) is 0 Å². The van der Waals surface area contributed by atoms with Gasteiger partial charge in [0, 0.05) is 6.54 Å². The Morgan fingerprint density at radius 1 is 1.56 bits per heavy atom. The van der Waals surface area contributed by atoms with Crippen LogP contribution in [0.15, 0.2) is 11.4 Å². The molecule has 0 fully saturated rings. The lowest BCUT2D eigenvalue weighted by Crippen LogP contribution is -2.11. The quantitative estimate of drug-likeness (QED) is 0.841. The fourth-order valence-corrected chi connectivity index (χ4v) is 2.19. The van der Waals surface area contributed by atoms with Crippen molar-refractivity contribution in [3.05, 3.63) is 11.4 Å². The summed E-state index contributed by atoms with van der Waals surface area (Å²) in [7, 11) is 0. The number of anilines is 1. The van der Waals surface area contributed by atoms with Crippen LogP contribution in [0, 0.1) is 12.3 Å². The number of ether oxygens (including phenoxy) is 1. The molecule has 2 aromatic heterocycles. The fraction of sp³-hybridized carbons (Fsp3) is 0.385. The number of nitrogens with one attached hydrogen (secondary N) is 1. The SMILES string of the molecule is C#CC(C)Oc1nc(NCCC)nc2sccc12. The Balaban J connectivity index is 2.35. The summed E-state index contributed by atoms with van der Waals surface area (Å²) in [6.45, 7) is 4.75. The molecule has 5 heteroatoms. The van der Waals surface area contributed by atoms with Crippen molar-refractivity contribution in [2.75, 3.05) is 11.9 Å². The van der Waals surface area contributed by atoms with E-state index in [9.17, 15) is 0 Å². The lowest BCUT2D eigenvalue weighted by Gasteiger charge is -2.10. The van der Waals surface area contributed by atoms with Crippen LogP contribution >= 0.6 is 11.3 Å². The van der Waals surface area contributed by atoms with Gasteiger partial charge < -0.3 is 10.1 Å². The molecule has 0 bridgehead atoms. The maximum Gasteiger partial charge on any atom is 0.228 e. The van der Waals surface area contributed by atoms with Crippen molar-refractivity contribution < 1.29 is 4.74 Å². The summed E-state index contributed by atoms with van der Waals surface area (Å²) in [5.41, 5.74) is 0. The second-order valence-corrected chi connectivity index (χ2v) is 4.74. The Kier molecular flexibility index (Phi) is 4.00. The van der Waals surface area contributed by atoms with Crippen molar-refractivity contribution in [2.45, 2.75) is 26.4 Å². The summed E-state index contributed by atoms with van der Waals surface area (Å²) in [6, 6.07) is 1.95. The van der Waals surface area contributed by atoms with E-state index >= 15 is 0 Å². The lowest BCUT2D eigenvalue weighted by molar-refractivity contribution is 0.272. The molecule has 1 unspecified atom stereocenters. The number of nitrogens with zero attached hydrogens (tertiary/aromatic N) is 2. The largest absolute Gasteiger partial charge is 0.461 e. The molecule has 94 valence electrons. The molecular weight excluding hydrogens is 246 g/mol. The van der Waals surface area contributed by atoms with Crippen LogP contribution in [0.4, 0.5) is 5.95 Å². The number of hydrogen-bond acceptors (Lipinski definition) is 5. The van der Waals surface area contributed by atoms with E-state index in [0.717, 1.165) is 23.2 Å². The van der Waals surface area contributed by atoms with E-state index in [0.29, 0.717) is 11.8 Å². The normalized spacial score (nSPS) is 12.1. The molecule has 0 radical (unpaired) electrons. The molecule has 2 heterocycles. The van der Waals surface area contributed by atoms with Gasteiger partial charge in [-0.1, -0.05) is 12.8 Å². The average Bonchev–Trinajstić information content (AvgIpc) is 2.84. The first kappa shape index (κ1) is 12.7. The number of terminal acetylenes is 1. The predicted molar refractivity (Wildman–Crippen MR) is 75.1 cm³/mol. The number of fused-ring (bicyclic) bond motifs is 1. The van der Waals surface area contributed by atoms with Gasteiger partial charge in [0.1, 0.15) is 4.83 Å². The van der Waals surface area contributed by atoms with Gasteiger partial charge in [-0.15, -0.1) is 17.8 Å². The lowest BCUT2D eigenvalue weighted by atomic mass is 10.4. The zero-order chi connectivity index (χ0) is 13.0. The number of thiophene rings is 1. The van der Waals surface area contributed by atoms with Gasteiger partial charge >= 0.3 is 0 Å². The highest BCUT2D eigenvalue weighted by atomic mass is 32.1. The molecular formula is C13H15N3OS. The zero-order valence-corrected chi connectivity index (χ0v) is 11.3. The fourth-order valence-electron chi connectivity index (χ4n) is 1.44. The van der Waals surface area contributed by atoms with Gasteiger partial charge in [0.15, 0.2) is 6.10 Å². The van der Waals surface area contributed by atoms with Gasteiger partial charge in [-0.3, -0.25) is 0 Å². The number of aromatic nitrogens is 2. The maximum atomic E-state index is 5.64. The smallest absolute Gasteiger partial charge is 0.228 e. The molecule has 0 aromatic carbocycles. The minimum atomic E-state index is -0.304. The first-order valence-electron chi connectivity index (χ1n) is 5.86. The van der Waals surface area contributed by atoms with Gasteiger partial charge in [-0.2, -0.15) is 4.98 Å². The Morgan fingerprint density at radius 3 is 3.11 bits per heavy atom. The minimum absolute atomic E-state index is 0.304. The number of hydrogen-bond donors (Lipinski definition) is 1. The standard InChI is InChI=1S/C13H15N3OS/c1-4-7-14-13-15-11(17-9(3)5-2)10-6-8-18-12(10)16-13/h2,6,8-9H,4,7H2,1,3H3,(H,14,15,16). The third kappa shape index (κ3) is 2.71.